The molecule has 1 aliphatic rings. The standard InChI is InChI=1S/C18H24FN3/c1-14-11-15(2)22(20-14)13-17-7-9-21(10-8-17)12-16-3-5-18(19)6-4-16/h3-6,11,17H,7-10,12-13H2,1-2H3. The molecule has 0 bridgehead atoms. The highest BCUT2D eigenvalue weighted by Gasteiger charge is 2.20. The minimum atomic E-state index is -0.160. The molecule has 0 spiro atoms. The number of hydrogen-bond acceptors (Lipinski definition) is 2. The molecular weight excluding hydrogens is 277 g/mol. The van der Waals surface area contributed by atoms with Crippen molar-refractivity contribution in [2.24, 2.45) is 5.92 Å². The molecule has 3 rings (SSSR count). The van der Waals surface area contributed by atoms with Crippen molar-refractivity contribution in [2.75, 3.05) is 13.1 Å². The molecule has 3 nitrogen and oxygen atoms in total. The van der Waals surface area contributed by atoms with E-state index in [0.29, 0.717) is 5.92 Å². The molecule has 0 amide bonds. The Labute approximate surface area is 131 Å². The minimum absolute atomic E-state index is 0.160. The first-order valence-corrected chi connectivity index (χ1v) is 8.08. The summed E-state index contributed by atoms with van der Waals surface area (Å²) in [5.74, 6) is 0.551. The van der Waals surface area contributed by atoms with Crippen molar-refractivity contribution < 1.29 is 4.39 Å². The van der Waals surface area contributed by atoms with Crippen LogP contribution in [-0.2, 0) is 13.1 Å². The van der Waals surface area contributed by atoms with Gasteiger partial charge in [0.2, 0.25) is 0 Å². The number of aryl methyl sites for hydroxylation is 2. The Hall–Kier alpha value is -1.68. The smallest absolute Gasteiger partial charge is 0.123 e. The molecule has 22 heavy (non-hydrogen) atoms. The third-order valence-corrected chi connectivity index (χ3v) is 4.56. The maximum absolute atomic E-state index is 12.9. The summed E-state index contributed by atoms with van der Waals surface area (Å²) in [6.45, 7) is 8.36. The van der Waals surface area contributed by atoms with Gasteiger partial charge in [-0.15, -0.1) is 0 Å². The van der Waals surface area contributed by atoms with E-state index in [4.69, 9.17) is 0 Å². The highest BCUT2D eigenvalue weighted by molar-refractivity contribution is 5.16. The molecule has 1 fully saturated rings. The van der Waals surface area contributed by atoms with Crippen LogP contribution in [0.15, 0.2) is 30.3 Å². The van der Waals surface area contributed by atoms with E-state index in [1.807, 2.05) is 12.1 Å². The van der Waals surface area contributed by atoms with Crippen molar-refractivity contribution in [2.45, 2.75) is 39.8 Å². The Morgan fingerprint density at radius 2 is 1.82 bits per heavy atom. The molecule has 4 heteroatoms. The fourth-order valence-electron chi connectivity index (χ4n) is 3.28. The molecule has 1 aliphatic heterocycles. The summed E-state index contributed by atoms with van der Waals surface area (Å²) in [5, 5.41) is 4.57. The average molecular weight is 301 g/mol. The van der Waals surface area contributed by atoms with Gasteiger partial charge < -0.3 is 0 Å². The van der Waals surface area contributed by atoms with Gasteiger partial charge in [-0.2, -0.15) is 5.10 Å². The number of rotatable bonds is 4. The van der Waals surface area contributed by atoms with Crippen molar-refractivity contribution in [1.82, 2.24) is 14.7 Å². The molecule has 0 radical (unpaired) electrons. The Bertz CT molecular complexity index is 610. The third-order valence-electron chi connectivity index (χ3n) is 4.56. The summed E-state index contributed by atoms with van der Waals surface area (Å²) in [6, 6.07) is 9.01. The first-order chi connectivity index (χ1) is 10.6. The summed E-state index contributed by atoms with van der Waals surface area (Å²) < 4.78 is 15.1. The highest BCUT2D eigenvalue weighted by Crippen LogP contribution is 2.21. The van der Waals surface area contributed by atoms with E-state index in [0.717, 1.165) is 31.9 Å². The van der Waals surface area contributed by atoms with E-state index in [9.17, 15) is 4.39 Å². The monoisotopic (exact) mass is 301 g/mol. The van der Waals surface area contributed by atoms with Crippen molar-refractivity contribution in [3.63, 3.8) is 0 Å². The number of halogens is 1. The van der Waals surface area contributed by atoms with Crippen molar-refractivity contribution in [3.8, 4) is 0 Å². The lowest BCUT2D eigenvalue weighted by atomic mass is 9.96. The molecule has 1 aromatic carbocycles. The Morgan fingerprint density at radius 1 is 1.14 bits per heavy atom. The van der Waals surface area contributed by atoms with Crippen LogP contribution in [0.2, 0.25) is 0 Å². The molecule has 1 saturated heterocycles. The van der Waals surface area contributed by atoms with Crippen LogP contribution in [0.3, 0.4) is 0 Å². The fraction of sp³-hybridized carbons (Fsp3) is 0.500. The third kappa shape index (κ3) is 3.74. The van der Waals surface area contributed by atoms with Gasteiger partial charge >= 0.3 is 0 Å². The van der Waals surface area contributed by atoms with E-state index >= 15 is 0 Å². The number of likely N-dealkylation sites (tertiary alicyclic amines) is 1. The quantitative estimate of drug-likeness (QED) is 0.861. The van der Waals surface area contributed by atoms with Gasteiger partial charge in [0.25, 0.3) is 0 Å². The lowest BCUT2D eigenvalue weighted by Crippen LogP contribution is -2.34. The summed E-state index contributed by atoms with van der Waals surface area (Å²) >= 11 is 0. The number of piperidine rings is 1. The van der Waals surface area contributed by atoms with Crippen LogP contribution in [0, 0.1) is 25.6 Å². The maximum atomic E-state index is 12.9. The van der Waals surface area contributed by atoms with Gasteiger partial charge in [-0.3, -0.25) is 9.58 Å². The first kappa shape index (κ1) is 15.2. The fourth-order valence-corrected chi connectivity index (χ4v) is 3.28. The van der Waals surface area contributed by atoms with E-state index in [2.05, 4.69) is 34.6 Å². The molecule has 0 atom stereocenters. The second kappa shape index (κ2) is 6.61. The van der Waals surface area contributed by atoms with E-state index < -0.39 is 0 Å². The molecule has 2 aromatic rings. The number of hydrogen-bond donors (Lipinski definition) is 0. The zero-order valence-corrected chi connectivity index (χ0v) is 13.4. The maximum Gasteiger partial charge on any atom is 0.123 e. The predicted molar refractivity (Wildman–Crippen MR) is 86.1 cm³/mol. The summed E-state index contributed by atoms with van der Waals surface area (Å²) in [7, 11) is 0. The van der Waals surface area contributed by atoms with Crippen molar-refractivity contribution in [3.05, 3.63) is 53.1 Å². The van der Waals surface area contributed by atoms with Gasteiger partial charge in [0.1, 0.15) is 5.82 Å². The van der Waals surface area contributed by atoms with E-state index in [1.54, 1.807) is 12.1 Å². The van der Waals surface area contributed by atoms with Gasteiger partial charge in [-0.25, -0.2) is 4.39 Å². The Balaban J connectivity index is 1.50. The Kier molecular flexibility index (Phi) is 4.57. The second-order valence-electron chi connectivity index (χ2n) is 6.46. The van der Waals surface area contributed by atoms with Gasteiger partial charge in [0, 0.05) is 18.8 Å². The lowest BCUT2D eigenvalue weighted by Gasteiger charge is -2.32. The minimum Gasteiger partial charge on any atom is -0.299 e. The van der Waals surface area contributed by atoms with Crippen LogP contribution < -0.4 is 0 Å². The summed E-state index contributed by atoms with van der Waals surface area (Å²) in [4.78, 5) is 2.46. The zero-order valence-electron chi connectivity index (χ0n) is 13.4. The predicted octanol–water partition coefficient (Wildman–Crippen LogP) is 3.55. The second-order valence-corrected chi connectivity index (χ2v) is 6.46. The SMILES string of the molecule is Cc1cc(C)n(CC2CCN(Cc3ccc(F)cc3)CC2)n1. The molecule has 2 heterocycles. The molecular formula is C18H24FN3. The van der Waals surface area contributed by atoms with Crippen molar-refractivity contribution in [1.29, 1.82) is 0 Å². The van der Waals surface area contributed by atoms with Gasteiger partial charge in [-0.1, -0.05) is 12.1 Å². The topological polar surface area (TPSA) is 21.1 Å². The number of benzene rings is 1. The molecule has 0 unspecified atom stereocenters. The lowest BCUT2D eigenvalue weighted by molar-refractivity contribution is 0.164. The molecule has 1 aromatic heterocycles. The van der Waals surface area contributed by atoms with Gasteiger partial charge in [-0.05, 0) is 69.5 Å². The number of aromatic nitrogens is 2. The molecule has 0 saturated carbocycles. The van der Waals surface area contributed by atoms with Crippen molar-refractivity contribution >= 4 is 0 Å². The largest absolute Gasteiger partial charge is 0.299 e. The number of nitrogens with zero attached hydrogens (tertiary/aromatic N) is 3. The normalized spacial score (nSPS) is 17.0. The van der Waals surface area contributed by atoms with Crippen LogP contribution in [0.4, 0.5) is 4.39 Å². The zero-order chi connectivity index (χ0) is 15.5. The molecule has 0 aliphatic carbocycles. The molecule has 118 valence electrons. The van der Waals surface area contributed by atoms with E-state index in [1.165, 1.54) is 24.1 Å². The van der Waals surface area contributed by atoms with Gasteiger partial charge in [0.05, 0.1) is 5.69 Å². The van der Waals surface area contributed by atoms with Crippen LogP contribution in [-0.4, -0.2) is 27.8 Å². The highest BCUT2D eigenvalue weighted by atomic mass is 19.1. The van der Waals surface area contributed by atoms with Crippen LogP contribution in [0.1, 0.15) is 29.8 Å². The summed E-state index contributed by atoms with van der Waals surface area (Å²) in [6.07, 6.45) is 2.42. The average Bonchev–Trinajstić information content (AvgIpc) is 2.81. The van der Waals surface area contributed by atoms with Gasteiger partial charge in [0.15, 0.2) is 0 Å². The van der Waals surface area contributed by atoms with Crippen LogP contribution in [0.25, 0.3) is 0 Å². The van der Waals surface area contributed by atoms with Crippen LogP contribution in [0.5, 0.6) is 0 Å². The van der Waals surface area contributed by atoms with Crippen LogP contribution >= 0.6 is 0 Å². The summed E-state index contributed by atoms with van der Waals surface area (Å²) in [5.41, 5.74) is 3.55. The Morgan fingerprint density at radius 3 is 2.41 bits per heavy atom. The molecule has 0 N–H and O–H groups in total. The first-order valence-electron chi connectivity index (χ1n) is 8.08. The van der Waals surface area contributed by atoms with E-state index in [-0.39, 0.29) is 5.82 Å².